The molecule has 0 aromatic heterocycles. The molecule has 21 heavy (non-hydrogen) atoms. The van der Waals surface area contributed by atoms with Gasteiger partial charge in [0.1, 0.15) is 0 Å². The van der Waals surface area contributed by atoms with Crippen LogP contribution < -0.4 is 0 Å². The first-order chi connectivity index (χ1) is 9.66. The molecule has 0 saturated carbocycles. The standard InChI is InChI=1S/C11H16.C10H16/c1-11(2,3)9-10-7-5-4-6-8-10;1-10(2,3)8-9-6-4-5-7-9/h4-8H,9H2,1-3H3;4-6H,7-8H2,1-3H3. The highest BCUT2D eigenvalue weighted by molar-refractivity contribution is 5.23. The summed E-state index contributed by atoms with van der Waals surface area (Å²) < 4.78 is 0. The van der Waals surface area contributed by atoms with E-state index in [1.165, 1.54) is 18.4 Å². The summed E-state index contributed by atoms with van der Waals surface area (Å²) in [6.07, 6.45) is 10.2. The van der Waals surface area contributed by atoms with E-state index in [1.54, 1.807) is 5.57 Å². The fourth-order valence-electron chi connectivity index (χ4n) is 2.51. The van der Waals surface area contributed by atoms with Gasteiger partial charge < -0.3 is 0 Å². The maximum atomic E-state index is 2.28. The number of hydrogen-bond acceptors (Lipinski definition) is 0. The fraction of sp³-hybridized carbons (Fsp3) is 0.524. The molecule has 0 spiro atoms. The Hall–Kier alpha value is -1.30. The molecule has 0 aliphatic heterocycles. The van der Waals surface area contributed by atoms with Crippen molar-refractivity contribution in [1.29, 1.82) is 0 Å². The molecule has 1 aromatic rings. The summed E-state index contributed by atoms with van der Waals surface area (Å²) in [5, 5.41) is 0. The van der Waals surface area contributed by atoms with Gasteiger partial charge in [0.15, 0.2) is 0 Å². The second-order valence-electron chi connectivity index (χ2n) is 8.42. The first-order valence-electron chi connectivity index (χ1n) is 8.04. The molecule has 0 amide bonds. The average Bonchev–Trinajstić information content (AvgIpc) is 2.79. The van der Waals surface area contributed by atoms with Gasteiger partial charge in [0.2, 0.25) is 0 Å². The highest BCUT2D eigenvalue weighted by Crippen LogP contribution is 2.27. The molecule has 0 radical (unpaired) electrons. The van der Waals surface area contributed by atoms with E-state index in [4.69, 9.17) is 0 Å². The Kier molecular flexibility index (Phi) is 6.45. The van der Waals surface area contributed by atoms with E-state index >= 15 is 0 Å². The molecule has 0 atom stereocenters. The maximum Gasteiger partial charge on any atom is -0.0132 e. The highest BCUT2D eigenvalue weighted by atomic mass is 14.2. The summed E-state index contributed by atoms with van der Waals surface area (Å²) in [4.78, 5) is 0. The smallest absolute Gasteiger partial charge is 0.0132 e. The van der Waals surface area contributed by atoms with Crippen LogP contribution in [0, 0.1) is 10.8 Å². The van der Waals surface area contributed by atoms with E-state index in [-0.39, 0.29) is 0 Å². The lowest BCUT2D eigenvalue weighted by Gasteiger charge is -2.18. The molecule has 0 bridgehead atoms. The Bertz CT molecular complexity index is 461. The lowest BCUT2D eigenvalue weighted by molar-refractivity contribution is 0.407. The summed E-state index contributed by atoms with van der Waals surface area (Å²) in [5.74, 6) is 0. The number of allylic oxidation sites excluding steroid dienone is 4. The van der Waals surface area contributed by atoms with Crippen LogP contribution >= 0.6 is 0 Å². The summed E-state index contributed by atoms with van der Waals surface area (Å²) in [6.45, 7) is 13.6. The minimum atomic E-state index is 0.404. The Labute approximate surface area is 132 Å². The summed E-state index contributed by atoms with van der Waals surface area (Å²) >= 11 is 0. The predicted molar refractivity (Wildman–Crippen MR) is 95.5 cm³/mol. The van der Waals surface area contributed by atoms with Crippen LogP contribution in [-0.4, -0.2) is 0 Å². The van der Waals surface area contributed by atoms with Gasteiger partial charge in [-0.25, -0.2) is 0 Å². The van der Waals surface area contributed by atoms with Crippen LogP contribution in [0.5, 0.6) is 0 Å². The van der Waals surface area contributed by atoms with Gasteiger partial charge in [0.05, 0.1) is 0 Å². The van der Waals surface area contributed by atoms with Crippen LogP contribution in [-0.2, 0) is 6.42 Å². The Morgan fingerprint density at radius 2 is 1.38 bits per heavy atom. The van der Waals surface area contributed by atoms with Gasteiger partial charge in [0, 0.05) is 0 Å². The Morgan fingerprint density at radius 3 is 1.81 bits per heavy atom. The molecule has 0 heteroatoms. The molecular weight excluding hydrogens is 252 g/mol. The number of hydrogen-bond donors (Lipinski definition) is 0. The zero-order valence-corrected chi connectivity index (χ0v) is 14.7. The van der Waals surface area contributed by atoms with E-state index in [0.29, 0.717) is 10.8 Å². The molecule has 1 aliphatic carbocycles. The van der Waals surface area contributed by atoms with Crippen molar-refractivity contribution >= 4 is 0 Å². The largest absolute Gasteiger partial charge is 0.0805 e. The zero-order chi connectivity index (χ0) is 15.9. The van der Waals surface area contributed by atoms with Gasteiger partial charge in [-0.3, -0.25) is 0 Å². The quantitative estimate of drug-likeness (QED) is 0.575. The van der Waals surface area contributed by atoms with Gasteiger partial charge in [-0.15, -0.1) is 0 Å². The number of benzene rings is 1. The first-order valence-corrected chi connectivity index (χ1v) is 8.04. The highest BCUT2D eigenvalue weighted by Gasteiger charge is 2.13. The third-order valence-corrected chi connectivity index (χ3v) is 3.18. The van der Waals surface area contributed by atoms with E-state index in [0.717, 1.165) is 6.42 Å². The van der Waals surface area contributed by atoms with Crippen molar-refractivity contribution in [3.8, 4) is 0 Å². The number of rotatable bonds is 2. The molecule has 0 saturated heterocycles. The monoisotopic (exact) mass is 284 g/mol. The first kappa shape index (κ1) is 17.8. The molecule has 2 rings (SSSR count). The fourth-order valence-corrected chi connectivity index (χ4v) is 2.51. The van der Waals surface area contributed by atoms with Crippen molar-refractivity contribution in [2.45, 2.75) is 60.8 Å². The molecule has 0 N–H and O–H groups in total. The maximum absolute atomic E-state index is 2.28. The van der Waals surface area contributed by atoms with Crippen molar-refractivity contribution in [3.63, 3.8) is 0 Å². The lowest BCUT2D eigenvalue weighted by atomic mass is 9.88. The zero-order valence-electron chi connectivity index (χ0n) is 14.7. The second-order valence-corrected chi connectivity index (χ2v) is 8.42. The molecule has 0 fully saturated rings. The third-order valence-electron chi connectivity index (χ3n) is 3.18. The SMILES string of the molecule is CC(C)(C)CC1=CC=CC1.CC(C)(C)Cc1ccccc1. The van der Waals surface area contributed by atoms with Crippen molar-refractivity contribution < 1.29 is 0 Å². The molecule has 1 aromatic carbocycles. The van der Waals surface area contributed by atoms with Crippen LogP contribution in [0.4, 0.5) is 0 Å². The predicted octanol–water partition coefficient (Wildman–Crippen LogP) is 6.58. The summed E-state index contributed by atoms with van der Waals surface area (Å²) in [7, 11) is 0. The van der Waals surface area contributed by atoms with E-state index in [9.17, 15) is 0 Å². The van der Waals surface area contributed by atoms with Crippen LogP contribution in [0.15, 0.2) is 54.1 Å². The summed E-state index contributed by atoms with van der Waals surface area (Å²) in [6, 6.07) is 10.6. The van der Waals surface area contributed by atoms with E-state index in [2.05, 4.69) is 90.1 Å². The molecule has 0 unspecified atom stereocenters. The van der Waals surface area contributed by atoms with Crippen molar-refractivity contribution in [2.24, 2.45) is 10.8 Å². The minimum Gasteiger partial charge on any atom is -0.0805 e. The Morgan fingerprint density at radius 1 is 0.810 bits per heavy atom. The minimum absolute atomic E-state index is 0.404. The molecule has 1 aliphatic rings. The van der Waals surface area contributed by atoms with Gasteiger partial charge >= 0.3 is 0 Å². The normalized spacial score (nSPS) is 14.5. The van der Waals surface area contributed by atoms with Crippen LogP contribution in [0.25, 0.3) is 0 Å². The van der Waals surface area contributed by atoms with Gasteiger partial charge in [0.25, 0.3) is 0 Å². The summed E-state index contributed by atoms with van der Waals surface area (Å²) in [5.41, 5.74) is 3.87. The molecule has 0 heterocycles. The van der Waals surface area contributed by atoms with Crippen LogP contribution in [0.1, 0.15) is 59.9 Å². The van der Waals surface area contributed by atoms with Gasteiger partial charge in [-0.05, 0) is 35.7 Å². The topological polar surface area (TPSA) is 0 Å². The van der Waals surface area contributed by atoms with Crippen molar-refractivity contribution in [3.05, 3.63) is 59.7 Å². The average molecular weight is 284 g/mol. The molecule has 116 valence electrons. The van der Waals surface area contributed by atoms with Gasteiger partial charge in [-0.2, -0.15) is 0 Å². The molecule has 0 nitrogen and oxygen atoms in total. The van der Waals surface area contributed by atoms with E-state index < -0.39 is 0 Å². The van der Waals surface area contributed by atoms with Crippen LogP contribution in [0.3, 0.4) is 0 Å². The van der Waals surface area contributed by atoms with Gasteiger partial charge in [-0.1, -0.05) is 95.7 Å². The van der Waals surface area contributed by atoms with Crippen LogP contribution in [0.2, 0.25) is 0 Å². The third kappa shape index (κ3) is 9.28. The second kappa shape index (κ2) is 7.64. The Balaban J connectivity index is 0.000000211. The van der Waals surface area contributed by atoms with Crippen molar-refractivity contribution in [1.82, 2.24) is 0 Å². The van der Waals surface area contributed by atoms with Crippen molar-refractivity contribution in [2.75, 3.05) is 0 Å². The van der Waals surface area contributed by atoms with E-state index in [1.807, 2.05) is 0 Å². The lowest BCUT2D eigenvalue weighted by Crippen LogP contribution is -2.08. The molecular formula is C21H32.